The van der Waals surface area contributed by atoms with Gasteiger partial charge < -0.3 is 14.0 Å². The summed E-state index contributed by atoms with van der Waals surface area (Å²) in [6.45, 7) is 0.0483. The highest BCUT2D eigenvalue weighted by molar-refractivity contribution is 8.04. The summed E-state index contributed by atoms with van der Waals surface area (Å²) in [5.41, 5.74) is 6.39. The van der Waals surface area contributed by atoms with Crippen molar-refractivity contribution in [3.8, 4) is 11.5 Å². The summed E-state index contributed by atoms with van der Waals surface area (Å²) in [5.74, 6) is 0.681. The van der Waals surface area contributed by atoms with Crippen LogP contribution in [0.3, 0.4) is 0 Å². The number of benzene rings is 4. The van der Waals surface area contributed by atoms with Gasteiger partial charge in [-0.25, -0.2) is 5.01 Å². The molecule has 200 valence electrons. The van der Waals surface area contributed by atoms with Crippen LogP contribution in [-0.4, -0.2) is 35.6 Å². The van der Waals surface area contributed by atoms with E-state index in [1.807, 2.05) is 89.5 Å². The molecule has 1 aliphatic rings. The first-order valence-corrected chi connectivity index (χ1v) is 13.7. The zero-order valence-corrected chi connectivity index (χ0v) is 22.9. The van der Waals surface area contributed by atoms with Gasteiger partial charge in [0.25, 0.3) is 11.8 Å². The fourth-order valence-corrected chi connectivity index (χ4v) is 6.35. The topological polar surface area (TPSA) is 72.8 Å². The molecule has 2 heterocycles. The number of hydrogen-bond acceptors (Lipinski definition) is 5. The van der Waals surface area contributed by atoms with E-state index in [1.54, 1.807) is 20.3 Å². The molecule has 1 aromatic heterocycles. The van der Waals surface area contributed by atoms with Crippen molar-refractivity contribution in [2.24, 2.45) is 0 Å². The number of ether oxygens (including phenoxy) is 2. The standard InChI is InChI=1S/C32H27N3O4S/c1-38-27-17-9-3-11-21(27)19-29-31(37)35(32(40-29)24-14-6-10-18-28(24)39-2)33-30(36)20-34-25-15-7-4-12-22(25)23-13-5-8-16-26(23)34/h3-19,32H,20H2,1-2H3,(H,33,36)/b29-19-. The first kappa shape index (κ1) is 25.6. The molecule has 0 aliphatic carbocycles. The van der Waals surface area contributed by atoms with Crippen molar-refractivity contribution in [1.29, 1.82) is 0 Å². The summed E-state index contributed by atoms with van der Waals surface area (Å²) in [6.07, 6.45) is 1.80. The normalized spacial score (nSPS) is 16.1. The van der Waals surface area contributed by atoms with Crippen molar-refractivity contribution < 1.29 is 19.1 Å². The monoisotopic (exact) mass is 549 g/mol. The number of hydrogen-bond donors (Lipinski definition) is 1. The van der Waals surface area contributed by atoms with Crippen LogP contribution in [-0.2, 0) is 16.1 Å². The highest BCUT2D eigenvalue weighted by Crippen LogP contribution is 2.48. The van der Waals surface area contributed by atoms with Crippen LogP contribution >= 0.6 is 11.8 Å². The summed E-state index contributed by atoms with van der Waals surface area (Å²) >= 11 is 1.36. The fourth-order valence-electron chi connectivity index (χ4n) is 5.14. The SMILES string of the molecule is COc1ccccc1/C=C1\SC(c2ccccc2OC)N(NC(=O)Cn2c3ccccc3c3ccccc32)C1=O. The number of fused-ring (bicyclic) bond motifs is 3. The predicted molar refractivity (Wildman–Crippen MR) is 159 cm³/mol. The van der Waals surface area contributed by atoms with Gasteiger partial charge in [-0.2, -0.15) is 0 Å². The summed E-state index contributed by atoms with van der Waals surface area (Å²) < 4.78 is 13.1. The Labute approximate surface area is 236 Å². The molecule has 8 heteroatoms. The predicted octanol–water partition coefficient (Wildman–Crippen LogP) is 6.16. The van der Waals surface area contributed by atoms with E-state index in [2.05, 4.69) is 17.6 Å². The van der Waals surface area contributed by atoms with E-state index in [-0.39, 0.29) is 18.4 Å². The van der Waals surface area contributed by atoms with Gasteiger partial charge in [0.15, 0.2) is 0 Å². The maximum Gasteiger partial charge on any atom is 0.280 e. The second kappa shape index (κ2) is 10.8. The quantitative estimate of drug-likeness (QED) is 0.246. The van der Waals surface area contributed by atoms with Crippen molar-refractivity contribution in [1.82, 2.24) is 15.0 Å². The molecule has 1 saturated heterocycles. The van der Waals surface area contributed by atoms with Crippen LogP contribution in [0.4, 0.5) is 0 Å². The Morgan fingerprint density at radius 2 is 1.40 bits per heavy atom. The van der Waals surface area contributed by atoms with Crippen LogP contribution in [0.15, 0.2) is 102 Å². The minimum atomic E-state index is -0.522. The number of aromatic nitrogens is 1. The van der Waals surface area contributed by atoms with Crippen molar-refractivity contribution >= 4 is 51.5 Å². The smallest absolute Gasteiger partial charge is 0.280 e. The molecular formula is C32H27N3O4S. The molecule has 5 aromatic rings. The third-order valence-corrected chi connectivity index (χ3v) is 8.19. The molecular weight excluding hydrogens is 522 g/mol. The number of carbonyl (C=O) groups is 2. The molecule has 1 N–H and O–H groups in total. The second-order valence-electron chi connectivity index (χ2n) is 9.29. The van der Waals surface area contributed by atoms with E-state index in [0.29, 0.717) is 16.4 Å². The number of rotatable bonds is 7. The van der Waals surface area contributed by atoms with E-state index >= 15 is 0 Å². The molecule has 4 aromatic carbocycles. The van der Waals surface area contributed by atoms with Crippen LogP contribution in [0.25, 0.3) is 27.9 Å². The number of thioether (sulfide) groups is 1. The zero-order valence-electron chi connectivity index (χ0n) is 22.0. The van der Waals surface area contributed by atoms with E-state index in [4.69, 9.17) is 9.47 Å². The van der Waals surface area contributed by atoms with Gasteiger partial charge in [-0.05, 0) is 30.3 Å². The van der Waals surface area contributed by atoms with Gasteiger partial charge in [-0.3, -0.25) is 15.0 Å². The molecule has 2 amide bonds. The maximum absolute atomic E-state index is 13.8. The lowest BCUT2D eigenvalue weighted by atomic mass is 10.1. The number of carbonyl (C=O) groups excluding carboxylic acids is 2. The van der Waals surface area contributed by atoms with E-state index in [9.17, 15) is 9.59 Å². The summed E-state index contributed by atoms with van der Waals surface area (Å²) in [7, 11) is 3.19. The largest absolute Gasteiger partial charge is 0.496 e. The Kier molecular flexibility index (Phi) is 6.92. The van der Waals surface area contributed by atoms with Crippen LogP contribution in [0.5, 0.6) is 11.5 Å². The molecule has 0 bridgehead atoms. The molecule has 1 unspecified atom stereocenters. The van der Waals surface area contributed by atoms with Gasteiger partial charge in [-0.1, -0.05) is 84.6 Å². The van der Waals surface area contributed by atoms with Crippen molar-refractivity contribution in [3.63, 3.8) is 0 Å². The van der Waals surface area contributed by atoms with Crippen LogP contribution in [0, 0.1) is 0 Å². The summed E-state index contributed by atoms with van der Waals surface area (Å²) in [6, 6.07) is 31.1. The minimum Gasteiger partial charge on any atom is -0.496 e. The molecule has 40 heavy (non-hydrogen) atoms. The first-order chi connectivity index (χ1) is 19.6. The van der Waals surface area contributed by atoms with E-state index in [0.717, 1.165) is 32.9 Å². The Morgan fingerprint density at radius 3 is 2.08 bits per heavy atom. The molecule has 0 spiro atoms. The second-order valence-corrected chi connectivity index (χ2v) is 10.4. The van der Waals surface area contributed by atoms with Crippen LogP contribution < -0.4 is 14.9 Å². The summed E-state index contributed by atoms with van der Waals surface area (Å²) in [4.78, 5) is 27.9. The fraction of sp³-hybridized carbons (Fsp3) is 0.125. The van der Waals surface area contributed by atoms with E-state index < -0.39 is 5.37 Å². The molecule has 1 aliphatic heterocycles. The minimum absolute atomic E-state index is 0.0483. The molecule has 1 fully saturated rings. The van der Waals surface area contributed by atoms with Gasteiger partial charge in [0.2, 0.25) is 0 Å². The van der Waals surface area contributed by atoms with Crippen molar-refractivity contribution in [3.05, 3.63) is 113 Å². The number of hydrazine groups is 1. The van der Waals surface area contributed by atoms with Crippen molar-refractivity contribution in [2.75, 3.05) is 14.2 Å². The highest BCUT2D eigenvalue weighted by atomic mass is 32.2. The average Bonchev–Trinajstić information content (AvgIpc) is 3.47. The number of nitrogens with zero attached hydrogens (tertiary/aromatic N) is 2. The third kappa shape index (κ3) is 4.56. The molecule has 6 rings (SSSR count). The Morgan fingerprint density at radius 1 is 0.825 bits per heavy atom. The highest BCUT2D eigenvalue weighted by Gasteiger charge is 2.40. The Balaban J connectivity index is 1.36. The lowest BCUT2D eigenvalue weighted by Crippen LogP contribution is -2.45. The Hall–Kier alpha value is -4.69. The maximum atomic E-state index is 13.8. The number of para-hydroxylation sites is 4. The van der Waals surface area contributed by atoms with Gasteiger partial charge >= 0.3 is 0 Å². The van der Waals surface area contributed by atoms with Crippen molar-refractivity contribution in [2.45, 2.75) is 11.9 Å². The summed E-state index contributed by atoms with van der Waals surface area (Å²) in [5, 5.41) is 3.03. The lowest BCUT2D eigenvalue weighted by molar-refractivity contribution is -0.138. The molecule has 7 nitrogen and oxygen atoms in total. The van der Waals surface area contributed by atoms with Gasteiger partial charge in [0.05, 0.1) is 19.1 Å². The number of amides is 2. The number of methoxy groups -OCH3 is 2. The van der Waals surface area contributed by atoms with Gasteiger partial charge in [-0.15, -0.1) is 0 Å². The first-order valence-electron chi connectivity index (χ1n) is 12.8. The average molecular weight is 550 g/mol. The van der Waals surface area contributed by atoms with Crippen LogP contribution in [0.1, 0.15) is 16.5 Å². The molecule has 1 atom stereocenters. The van der Waals surface area contributed by atoms with Gasteiger partial charge in [0.1, 0.15) is 23.4 Å². The molecule has 0 saturated carbocycles. The van der Waals surface area contributed by atoms with Gasteiger partial charge in [0, 0.05) is 32.9 Å². The third-order valence-electron chi connectivity index (χ3n) is 6.96. The van der Waals surface area contributed by atoms with Crippen LogP contribution in [0.2, 0.25) is 0 Å². The van der Waals surface area contributed by atoms with E-state index in [1.165, 1.54) is 16.8 Å². The number of nitrogens with one attached hydrogen (secondary N) is 1. The lowest BCUT2D eigenvalue weighted by Gasteiger charge is -2.25. The molecule has 0 radical (unpaired) electrons. The Bertz CT molecular complexity index is 1720. The zero-order chi connectivity index (χ0) is 27.6.